The zero-order valence-corrected chi connectivity index (χ0v) is 16.6. The van der Waals surface area contributed by atoms with Crippen LogP contribution >= 0.6 is 0 Å². The molecule has 1 aromatic heterocycles. The molecular weight excluding hydrogens is 352 g/mol. The largest absolute Gasteiger partial charge is 0.324 e. The van der Waals surface area contributed by atoms with Crippen molar-refractivity contribution in [3.05, 3.63) is 42.1 Å². The summed E-state index contributed by atoms with van der Waals surface area (Å²) in [6, 6.07) is 12.0. The summed E-state index contributed by atoms with van der Waals surface area (Å²) in [4.78, 5) is 23.3. The standard InChI is InChI=1S/C21H26N6O/c1-4-23-13-16-5-7-17(8-6-16)25-20-24-11-9-18(26-20)27-12-10-21(14-22,15(2)3)19(27)28/h5-9,11,15,23H,4,10,12-13H2,1-3H3,(H,24,25,26). The molecule has 1 saturated heterocycles. The zero-order chi connectivity index (χ0) is 20.1. The Balaban J connectivity index is 1.75. The van der Waals surface area contributed by atoms with Gasteiger partial charge in [-0.15, -0.1) is 0 Å². The van der Waals surface area contributed by atoms with Crippen LogP contribution in [0.5, 0.6) is 0 Å². The van der Waals surface area contributed by atoms with E-state index in [0.717, 1.165) is 18.8 Å². The van der Waals surface area contributed by atoms with Gasteiger partial charge < -0.3 is 10.6 Å². The van der Waals surface area contributed by atoms with Gasteiger partial charge in [-0.2, -0.15) is 10.2 Å². The van der Waals surface area contributed by atoms with Gasteiger partial charge in [0.1, 0.15) is 11.2 Å². The Morgan fingerprint density at radius 2 is 2.04 bits per heavy atom. The lowest BCUT2D eigenvalue weighted by Gasteiger charge is -2.24. The first-order valence-corrected chi connectivity index (χ1v) is 9.63. The average molecular weight is 378 g/mol. The summed E-state index contributed by atoms with van der Waals surface area (Å²) < 4.78 is 0. The molecule has 3 rings (SSSR count). The fourth-order valence-corrected chi connectivity index (χ4v) is 3.39. The second-order valence-electron chi connectivity index (χ2n) is 7.29. The number of aromatic nitrogens is 2. The minimum atomic E-state index is -0.971. The third-order valence-corrected chi connectivity index (χ3v) is 5.25. The second kappa shape index (κ2) is 8.36. The van der Waals surface area contributed by atoms with E-state index >= 15 is 0 Å². The fraction of sp³-hybridized carbons (Fsp3) is 0.429. The van der Waals surface area contributed by atoms with E-state index in [2.05, 4.69) is 33.6 Å². The maximum Gasteiger partial charge on any atom is 0.248 e. The van der Waals surface area contributed by atoms with Crippen molar-refractivity contribution >= 4 is 23.4 Å². The molecule has 7 heteroatoms. The number of rotatable bonds is 7. The molecule has 0 radical (unpaired) electrons. The van der Waals surface area contributed by atoms with Crippen LogP contribution < -0.4 is 15.5 Å². The third-order valence-electron chi connectivity index (χ3n) is 5.25. The van der Waals surface area contributed by atoms with Crippen LogP contribution in [-0.4, -0.2) is 29.0 Å². The second-order valence-corrected chi connectivity index (χ2v) is 7.29. The van der Waals surface area contributed by atoms with E-state index in [1.165, 1.54) is 5.56 Å². The normalized spacial score (nSPS) is 19.1. The van der Waals surface area contributed by atoms with E-state index in [0.29, 0.717) is 24.7 Å². The van der Waals surface area contributed by atoms with Crippen molar-refractivity contribution in [2.45, 2.75) is 33.7 Å². The predicted molar refractivity (Wildman–Crippen MR) is 109 cm³/mol. The lowest BCUT2D eigenvalue weighted by atomic mass is 9.77. The Hall–Kier alpha value is -2.98. The minimum Gasteiger partial charge on any atom is -0.324 e. The summed E-state index contributed by atoms with van der Waals surface area (Å²) >= 11 is 0. The number of nitriles is 1. The fourth-order valence-electron chi connectivity index (χ4n) is 3.39. The van der Waals surface area contributed by atoms with Crippen LogP contribution in [0.1, 0.15) is 32.8 Å². The molecule has 1 amide bonds. The van der Waals surface area contributed by atoms with Crippen LogP contribution in [0.3, 0.4) is 0 Å². The van der Waals surface area contributed by atoms with Crippen molar-refractivity contribution < 1.29 is 4.79 Å². The van der Waals surface area contributed by atoms with Gasteiger partial charge >= 0.3 is 0 Å². The van der Waals surface area contributed by atoms with Gasteiger partial charge in [0.15, 0.2) is 0 Å². The molecule has 2 heterocycles. The minimum absolute atomic E-state index is 0.0462. The molecule has 1 fully saturated rings. The summed E-state index contributed by atoms with van der Waals surface area (Å²) in [5.74, 6) is 0.713. The molecule has 2 aromatic rings. The van der Waals surface area contributed by atoms with Gasteiger partial charge in [0.2, 0.25) is 11.9 Å². The van der Waals surface area contributed by atoms with Gasteiger partial charge in [-0.25, -0.2) is 4.98 Å². The molecule has 0 saturated carbocycles. The highest BCUT2D eigenvalue weighted by Crippen LogP contribution is 2.40. The van der Waals surface area contributed by atoms with Gasteiger partial charge in [-0.1, -0.05) is 32.9 Å². The van der Waals surface area contributed by atoms with E-state index < -0.39 is 5.41 Å². The van der Waals surface area contributed by atoms with Gasteiger partial charge in [0, 0.05) is 25.0 Å². The number of carbonyl (C=O) groups is 1. The Morgan fingerprint density at radius 3 is 2.64 bits per heavy atom. The monoisotopic (exact) mass is 378 g/mol. The van der Waals surface area contributed by atoms with Crippen LogP contribution in [0.25, 0.3) is 0 Å². The SMILES string of the molecule is CCNCc1ccc(Nc2nccc(N3CCC(C#N)(C(C)C)C3=O)n2)cc1. The molecule has 0 spiro atoms. The summed E-state index contributed by atoms with van der Waals surface area (Å²) in [5.41, 5.74) is 1.10. The highest BCUT2D eigenvalue weighted by Gasteiger charge is 2.50. The van der Waals surface area contributed by atoms with Gasteiger partial charge in [0.05, 0.1) is 6.07 Å². The number of nitrogens with zero attached hydrogens (tertiary/aromatic N) is 4. The van der Waals surface area contributed by atoms with Crippen molar-refractivity contribution in [3.63, 3.8) is 0 Å². The summed E-state index contributed by atoms with van der Waals surface area (Å²) in [5, 5.41) is 16.1. The molecule has 146 valence electrons. The lowest BCUT2D eigenvalue weighted by Crippen LogP contribution is -2.37. The highest BCUT2D eigenvalue weighted by atomic mass is 16.2. The van der Waals surface area contributed by atoms with Crippen molar-refractivity contribution in [1.29, 1.82) is 5.26 Å². The number of carbonyl (C=O) groups excluding carboxylic acids is 1. The van der Waals surface area contributed by atoms with Crippen molar-refractivity contribution in [2.24, 2.45) is 11.3 Å². The van der Waals surface area contributed by atoms with E-state index in [-0.39, 0.29) is 11.8 Å². The number of hydrogen-bond donors (Lipinski definition) is 2. The number of benzene rings is 1. The Labute approximate surface area is 165 Å². The van der Waals surface area contributed by atoms with Crippen LogP contribution in [-0.2, 0) is 11.3 Å². The first-order valence-electron chi connectivity index (χ1n) is 9.63. The lowest BCUT2D eigenvalue weighted by molar-refractivity contribution is -0.124. The smallest absolute Gasteiger partial charge is 0.248 e. The molecule has 1 aliphatic rings. The summed E-state index contributed by atoms with van der Waals surface area (Å²) in [7, 11) is 0. The van der Waals surface area contributed by atoms with E-state index in [1.54, 1.807) is 17.2 Å². The number of hydrogen-bond acceptors (Lipinski definition) is 6. The van der Waals surface area contributed by atoms with Crippen LogP contribution in [0.4, 0.5) is 17.5 Å². The quantitative estimate of drug-likeness (QED) is 0.768. The van der Waals surface area contributed by atoms with Crippen LogP contribution in [0, 0.1) is 22.7 Å². The maximum atomic E-state index is 12.9. The summed E-state index contributed by atoms with van der Waals surface area (Å²) in [6.45, 7) is 8.15. The molecule has 0 aliphatic carbocycles. The highest BCUT2D eigenvalue weighted by molar-refractivity contribution is 6.01. The number of anilines is 3. The summed E-state index contributed by atoms with van der Waals surface area (Å²) in [6.07, 6.45) is 2.14. The molecule has 1 atom stereocenters. The van der Waals surface area contributed by atoms with E-state index in [9.17, 15) is 10.1 Å². The molecule has 1 aromatic carbocycles. The third kappa shape index (κ3) is 3.82. The van der Waals surface area contributed by atoms with Gasteiger partial charge in [-0.3, -0.25) is 9.69 Å². The molecular formula is C21H26N6O. The Morgan fingerprint density at radius 1 is 1.29 bits per heavy atom. The van der Waals surface area contributed by atoms with E-state index in [1.807, 2.05) is 38.1 Å². The maximum absolute atomic E-state index is 12.9. The molecule has 1 unspecified atom stereocenters. The van der Waals surface area contributed by atoms with Crippen molar-refractivity contribution in [3.8, 4) is 6.07 Å². The predicted octanol–water partition coefficient (Wildman–Crippen LogP) is 3.23. The molecule has 7 nitrogen and oxygen atoms in total. The van der Waals surface area contributed by atoms with Gasteiger partial charge in [0.25, 0.3) is 0 Å². The number of amides is 1. The molecule has 2 N–H and O–H groups in total. The molecule has 1 aliphatic heterocycles. The first kappa shape index (κ1) is 19.8. The Bertz CT molecular complexity index is 873. The average Bonchev–Trinajstić information content (AvgIpc) is 3.05. The number of nitrogens with one attached hydrogen (secondary N) is 2. The van der Waals surface area contributed by atoms with Crippen LogP contribution in [0.2, 0.25) is 0 Å². The topological polar surface area (TPSA) is 93.9 Å². The molecule has 28 heavy (non-hydrogen) atoms. The van der Waals surface area contributed by atoms with Crippen molar-refractivity contribution in [2.75, 3.05) is 23.3 Å². The van der Waals surface area contributed by atoms with Gasteiger partial charge in [-0.05, 0) is 42.6 Å². The zero-order valence-electron chi connectivity index (χ0n) is 16.6. The molecule has 0 bridgehead atoms. The van der Waals surface area contributed by atoms with E-state index in [4.69, 9.17) is 0 Å². The first-order chi connectivity index (χ1) is 13.5. The van der Waals surface area contributed by atoms with Crippen molar-refractivity contribution in [1.82, 2.24) is 15.3 Å². The Kier molecular flexibility index (Phi) is 5.90. The van der Waals surface area contributed by atoms with Crippen LogP contribution in [0.15, 0.2) is 36.5 Å².